The lowest BCUT2D eigenvalue weighted by atomic mass is 10.1. The SMILES string of the molecule is Cc1cccc(C(=O)Nc2cccnc2C(=O)O)c1O. The number of phenols is 1. The van der Waals surface area contributed by atoms with Gasteiger partial charge < -0.3 is 15.5 Å². The van der Waals surface area contributed by atoms with E-state index >= 15 is 0 Å². The lowest BCUT2D eigenvalue weighted by Crippen LogP contribution is -2.16. The molecule has 6 nitrogen and oxygen atoms in total. The van der Waals surface area contributed by atoms with Crippen LogP contribution in [0.15, 0.2) is 36.5 Å². The lowest BCUT2D eigenvalue weighted by Gasteiger charge is -2.09. The zero-order chi connectivity index (χ0) is 14.7. The number of aromatic carboxylic acids is 1. The van der Waals surface area contributed by atoms with Crippen LogP contribution in [0.25, 0.3) is 0 Å². The van der Waals surface area contributed by atoms with Gasteiger partial charge in [-0.25, -0.2) is 9.78 Å². The molecule has 0 aliphatic carbocycles. The Hall–Kier alpha value is -2.89. The van der Waals surface area contributed by atoms with Crippen molar-refractivity contribution in [3.8, 4) is 5.75 Å². The van der Waals surface area contributed by atoms with E-state index in [2.05, 4.69) is 10.3 Å². The minimum atomic E-state index is -1.24. The van der Waals surface area contributed by atoms with Gasteiger partial charge in [0.2, 0.25) is 0 Å². The molecule has 1 amide bonds. The van der Waals surface area contributed by atoms with E-state index in [4.69, 9.17) is 5.11 Å². The summed E-state index contributed by atoms with van der Waals surface area (Å²) in [7, 11) is 0. The quantitative estimate of drug-likeness (QED) is 0.794. The van der Waals surface area contributed by atoms with E-state index in [0.717, 1.165) is 0 Å². The second kappa shape index (κ2) is 5.40. The van der Waals surface area contributed by atoms with Crippen molar-refractivity contribution in [2.24, 2.45) is 0 Å². The minimum absolute atomic E-state index is 0.0743. The van der Waals surface area contributed by atoms with Crippen molar-refractivity contribution >= 4 is 17.6 Å². The molecule has 1 aromatic heterocycles. The van der Waals surface area contributed by atoms with Crippen molar-refractivity contribution < 1.29 is 19.8 Å². The summed E-state index contributed by atoms with van der Waals surface area (Å²) < 4.78 is 0. The summed E-state index contributed by atoms with van der Waals surface area (Å²) in [6.07, 6.45) is 1.32. The molecular formula is C14H12N2O4. The van der Waals surface area contributed by atoms with Crippen LogP contribution in [-0.4, -0.2) is 27.1 Å². The summed E-state index contributed by atoms with van der Waals surface area (Å²) >= 11 is 0. The van der Waals surface area contributed by atoms with Gasteiger partial charge in [-0.3, -0.25) is 4.79 Å². The zero-order valence-electron chi connectivity index (χ0n) is 10.6. The van der Waals surface area contributed by atoms with Gasteiger partial charge in [0.25, 0.3) is 5.91 Å². The van der Waals surface area contributed by atoms with Crippen molar-refractivity contribution in [2.45, 2.75) is 6.92 Å². The number of rotatable bonds is 3. The van der Waals surface area contributed by atoms with E-state index in [1.54, 1.807) is 19.1 Å². The molecule has 0 radical (unpaired) electrons. The number of aryl methyl sites for hydroxylation is 1. The summed E-state index contributed by atoms with van der Waals surface area (Å²) in [6.45, 7) is 1.67. The Balaban J connectivity index is 2.33. The van der Waals surface area contributed by atoms with Gasteiger partial charge in [0, 0.05) is 6.20 Å². The first-order chi connectivity index (χ1) is 9.50. The Morgan fingerprint density at radius 1 is 1.20 bits per heavy atom. The summed E-state index contributed by atoms with van der Waals surface area (Å²) in [6, 6.07) is 7.69. The molecule has 20 heavy (non-hydrogen) atoms. The molecule has 0 atom stereocenters. The molecule has 6 heteroatoms. The van der Waals surface area contributed by atoms with E-state index in [-0.39, 0.29) is 22.7 Å². The molecule has 0 saturated carbocycles. The van der Waals surface area contributed by atoms with Crippen LogP contribution in [0.1, 0.15) is 26.4 Å². The molecule has 0 saturated heterocycles. The average molecular weight is 272 g/mol. The fourth-order valence-electron chi connectivity index (χ4n) is 1.71. The van der Waals surface area contributed by atoms with Crippen LogP contribution in [0.2, 0.25) is 0 Å². The number of hydrogen-bond donors (Lipinski definition) is 3. The van der Waals surface area contributed by atoms with E-state index < -0.39 is 11.9 Å². The summed E-state index contributed by atoms with van der Waals surface area (Å²) in [5.41, 5.74) is 0.450. The number of carboxylic acids is 1. The normalized spacial score (nSPS) is 10.1. The number of carbonyl (C=O) groups excluding carboxylic acids is 1. The van der Waals surface area contributed by atoms with Crippen LogP contribution in [0.4, 0.5) is 5.69 Å². The predicted molar refractivity (Wildman–Crippen MR) is 72.0 cm³/mol. The molecule has 0 spiro atoms. The number of carboxylic acid groups (broad SMARTS) is 1. The molecule has 0 fully saturated rings. The van der Waals surface area contributed by atoms with Gasteiger partial charge in [0.15, 0.2) is 5.69 Å². The maximum absolute atomic E-state index is 12.1. The number of carbonyl (C=O) groups is 2. The highest BCUT2D eigenvalue weighted by Crippen LogP contribution is 2.23. The topological polar surface area (TPSA) is 99.5 Å². The van der Waals surface area contributed by atoms with Crippen molar-refractivity contribution in [2.75, 3.05) is 5.32 Å². The Morgan fingerprint density at radius 3 is 2.65 bits per heavy atom. The van der Waals surface area contributed by atoms with Crippen LogP contribution in [-0.2, 0) is 0 Å². The number of hydrogen-bond acceptors (Lipinski definition) is 4. The smallest absolute Gasteiger partial charge is 0.356 e. The van der Waals surface area contributed by atoms with Gasteiger partial charge in [-0.2, -0.15) is 0 Å². The van der Waals surface area contributed by atoms with Gasteiger partial charge in [0.1, 0.15) is 5.75 Å². The highest BCUT2D eigenvalue weighted by molar-refractivity contribution is 6.08. The van der Waals surface area contributed by atoms with Crippen LogP contribution in [0.5, 0.6) is 5.75 Å². The zero-order valence-corrected chi connectivity index (χ0v) is 10.6. The summed E-state index contributed by atoms with van der Waals surface area (Å²) in [4.78, 5) is 26.8. The van der Waals surface area contributed by atoms with Gasteiger partial charge in [-0.05, 0) is 30.7 Å². The molecule has 2 aromatic rings. The number of benzene rings is 1. The van der Waals surface area contributed by atoms with Gasteiger partial charge in [0.05, 0.1) is 11.3 Å². The molecule has 2 rings (SSSR count). The Morgan fingerprint density at radius 2 is 1.95 bits per heavy atom. The maximum atomic E-state index is 12.1. The average Bonchev–Trinajstić information content (AvgIpc) is 2.42. The molecule has 0 aliphatic rings. The molecular weight excluding hydrogens is 260 g/mol. The number of amides is 1. The fraction of sp³-hybridized carbons (Fsp3) is 0.0714. The molecule has 1 aromatic carbocycles. The highest BCUT2D eigenvalue weighted by atomic mass is 16.4. The Kier molecular flexibility index (Phi) is 3.65. The van der Waals surface area contributed by atoms with Crippen LogP contribution >= 0.6 is 0 Å². The Labute approximate surface area is 114 Å². The lowest BCUT2D eigenvalue weighted by molar-refractivity contribution is 0.0691. The van der Waals surface area contributed by atoms with Gasteiger partial charge in [-0.15, -0.1) is 0 Å². The first kappa shape index (κ1) is 13.5. The Bertz CT molecular complexity index is 683. The van der Waals surface area contributed by atoms with Crippen molar-refractivity contribution in [1.29, 1.82) is 0 Å². The highest BCUT2D eigenvalue weighted by Gasteiger charge is 2.17. The second-order valence-corrected chi connectivity index (χ2v) is 4.13. The molecule has 0 bridgehead atoms. The minimum Gasteiger partial charge on any atom is -0.507 e. The standard InChI is InChI=1S/C14H12N2O4/c1-8-4-2-5-9(12(8)17)13(18)16-10-6-3-7-15-11(10)14(19)20/h2-7,17H,1H3,(H,16,18)(H,19,20). The fourth-order valence-corrected chi connectivity index (χ4v) is 1.71. The largest absolute Gasteiger partial charge is 0.507 e. The van der Waals surface area contributed by atoms with Crippen LogP contribution < -0.4 is 5.32 Å². The molecule has 0 unspecified atom stereocenters. The van der Waals surface area contributed by atoms with E-state index in [9.17, 15) is 14.7 Å². The first-order valence-electron chi connectivity index (χ1n) is 5.79. The third-order valence-corrected chi connectivity index (χ3v) is 2.74. The molecule has 102 valence electrons. The number of nitrogens with one attached hydrogen (secondary N) is 1. The number of anilines is 1. The summed E-state index contributed by atoms with van der Waals surface area (Å²) in [5.74, 6) is -1.97. The van der Waals surface area contributed by atoms with Crippen LogP contribution in [0.3, 0.4) is 0 Å². The number of nitrogens with zero attached hydrogens (tertiary/aromatic N) is 1. The van der Waals surface area contributed by atoms with Gasteiger partial charge in [-0.1, -0.05) is 12.1 Å². The second-order valence-electron chi connectivity index (χ2n) is 4.13. The summed E-state index contributed by atoms with van der Waals surface area (Å²) in [5, 5.41) is 21.3. The molecule has 1 heterocycles. The van der Waals surface area contributed by atoms with Gasteiger partial charge >= 0.3 is 5.97 Å². The monoisotopic (exact) mass is 272 g/mol. The number of pyridine rings is 1. The molecule has 3 N–H and O–H groups in total. The first-order valence-corrected chi connectivity index (χ1v) is 5.79. The number of aromatic nitrogens is 1. The van der Waals surface area contributed by atoms with Crippen molar-refractivity contribution in [3.05, 3.63) is 53.3 Å². The van der Waals surface area contributed by atoms with E-state index in [0.29, 0.717) is 5.56 Å². The third-order valence-electron chi connectivity index (χ3n) is 2.74. The van der Waals surface area contributed by atoms with E-state index in [1.807, 2.05) is 0 Å². The number of para-hydroxylation sites is 1. The number of phenolic OH excluding ortho intramolecular Hbond substituents is 1. The van der Waals surface area contributed by atoms with E-state index in [1.165, 1.54) is 24.4 Å². The molecule has 0 aliphatic heterocycles. The number of aromatic hydroxyl groups is 1. The van der Waals surface area contributed by atoms with Crippen LogP contribution in [0, 0.1) is 6.92 Å². The predicted octanol–water partition coefficient (Wildman–Crippen LogP) is 2.05. The maximum Gasteiger partial charge on any atom is 0.356 e. The third kappa shape index (κ3) is 2.59. The van der Waals surface area contributed by atoms with Crippen molar-refractivity contribution in [1.82, 2.24) is 4.98 Å². The van der Waals surface area contributed by atoms with Crippen molar-refractivity contribution in [3.63, 3.8) is 0 Å².